The minimum atomic E-state index is -0.526. The van der Waals surface area contributed by atoms with Crippen molar-refractivity contribution in [2.75, 3.05) is 13.2 Å². The van der Waals surface area contributed by atoms with Crippen molar-refractivity contribution in [3.63, 3.8) is 0 Å². The molecule has 1 aliphatic heterocycles. The lowest BCUT2D eigenvalue weighted by atomic mass is 10.3. The highest BCUT2D eigenvalue weighted by atomic mass is 79.9. The van der Waals surface area contributed by atoms with Gasteiger partial charge in [0.05, 0.1) is 17.7 Å². The van der Waals surface area contributed by atoms with Gasteiger partial charge in [-0.05, 0) is 22.0 Å². The van der Waals surface area contributed by atoms with Gasteiger partial charge in [-0.2, -0.15) is 4.39 Å². The minimum absolute atomic E-state index is 0.323. The average Bonchev–Trinajstić information content (AvgIpc) is 2.62. The number of hydrogen-bond donors (Lipinski definition) is 0. The van der Waals surface area contributed by atoms with E-state index in [2.05, 4.69) is 20.9 Å². The zero-order chi connectivity index (χ0) is 9.26. The Hall–Kier alpha value is -0.520. The SMILES string of the molecule is Fc1ncc(C2OCCO2)cc1Br. The predicted molar refractivity (Wildman–Crippen MR) is 46.5 cm³/mol. The van der Waals surface area contributed by atoms with E-state index < -0.39 is 12.2 Å². The molecule has 2 heterocycles. The van der Waals surface area contributed by atoms with E-state index in [0.29, 0.717) is 17.7 Å². The number of hydrogen-bond acceptors (Lipinski definition) is 3. The molecule has 13 heavy (non-hydrogen) atoms. The lowest BCUT2D eigenvalue weighted by Gasteiger charge is -2.08. The highest BCUT2D eigenvalue weighted by molar-refractivity contribution is 9.10. The Morgan fingerprint density at radius 3 is 2.77 bits per heavy atom. The molecule has 1 aromatic heterocycles. The van der Waals surface area contributed by atoms with Gasteiger partial charge >= 0.3 is 0 Å². The number of halogens is 2. The molecule has 0 radical (unpaired) electrons. The van der Waals surface area contributed by atoms with Crippen LogP contribution in [-0.4, -0.2) is 18.2 Å². The molecule has 70 valence electrons. The molecule has 3 nitrogen and oxygen atoms in total. The summed E-state index contributed by atoms with van der Waals surface area (Å²) in [7, 11) is 0. The second kappa shape index (κ2) is 3.69. The van der Waals surface area contributed by atoms with Crippen molar-refractivity contribution < 1.29 is 13.9 Å². The molecule has 1 aliphatic rings. The summed E-state index contributed by atoms with van der Waals surface area (Å²) in [6, 6.07) is 1.61. The number of rotatable bonds is 1. The number of nitrogens with zero attached hydrogens (tertiary/aromatic N) is 1. The predicted octanol–water partition coefficient (Wildman–Crippen LogP) is 2.03. The Balaban J connectivity index is 2.25. The fourth-order valence-corrected chi connectivity index (χ4v) is 1.48. The zero-order valence-corrected chi connectivity index (χ0v) is 8.25. The van der Waals surface area contributed by atoms with Gasteiger partial charge in [-0.1, -0.05) is 0 Å². The molecule has 5 heteroatoms. The van der Waals surface area contributed by atoms with Crippen LogP contribution in [0.3, 0.4) is 0 Å². The summed E-state index contributed by atoms with van der Waals surface area (Å²) in [5.41, 5.74) is 0.728. The smallest absolute Gasteiger partial charge is 0.227 e. The molecule has 0 unspecified atom stereocenters. The topological polar surface area (TPSA) is 31.4 Å². The van der Waals surface area contributed by atoms with Crippen molar-refractivity contribution in [2.24, 2.45) is 0 Å². The standard InChI is InChI=1S/C8H7BrFNO2/c9-6-3-5(4-11-7(6)10)8-12-1-2-13-8/h3-4,8H,1-2H2. The Morgan fingerprint density at radius 1 is 1.46 bits per heavy atom. The summed E-state index contributed by atoms with van der Waals surface area (Å²) in [5.74, 6) is -0.526. The first-order valence-electron chi connectivity index (χ1n) is 3.81. The van der Waals surface area contributed by atoms with Gasteiger partial charge < -0.3 is 9.47 Å². The van der Waals surface area contributed by atoms with Crippen molar-refractivity contribution in [1.29, 1.82) is 0 Å². The number of aromatic nitrogens is 1. The third kappa shape index (κ3) is 1.87. The van der Waals surface area contributed by atoms with Crippen LogP contribution >= 0.6 is 15.9 Å². The maximum atomic E-state index is 12.7. The van der Waals surface area contributed by atoms with Gasteiger partial charge in [-0.3, -0.25) is 0 Å². The number of ether oxygens (including phenoxy) is 2. The van der Waals surface area contributed by atoms with E-state index in [1.807, 2.05) is 0 Å². The Morgan fingerprint density at radius 2 is 2.15 bits per heavy atom. The van der Waals surface area contributed by atoms with Crippen LogP contribution < -0.4 is 0 Å². The van der Waals surface area contributed by atoms with Crippen molar-refractivity contribution >= 4 is 15.9 Å². The molecule has 1 fully saturated rings. The zero-order valence-electron chi connectivity index (χ0n) is 6.67. The first kappa shape index (κ1) is 9.05. The average molecular weight is 248 g/mol. The van der Waals surface area contributed by atoms with Gasteiger partial charge in [-0.25, -0.2) is 4.98 Å². The third-order valence-corrected chi connectivity index (χ3v) is 2.27. The van der Waals surface area contributed by atoms with Gasteiger partial charge in [0.1, 0.15) is 0 Å². The molecule has 0 aromatic carbocycles. The fourth-order valence-electron chi connectivity index (χ4n) is 1.12. The molecule has 0 spiro atoms. The molecule has 0 N–H and O–H groups in total. The normalized spacial score (nSPS) is 18.0. The molecule has 0 bridgehead atoms. The van der Waals surface area contributed by atoms with Crippen LogP contribution in [0.15, 0.2) is 16.7 Å². The largest absolute Gasteiger partial charge is 0.346 e. The molecule has 1 aromatic rings. The van der Waals surface area contributed by atoms with Crippen molar-refractivity contribution in [3.05, 3.63) is 28.2 Å². The van der Waals surface area contributed by atoms with E-state index >= 15 is 0 Å². The van der Waals surface area contributed by atoms with E-state index in [-0.39, 0.29) is 0 Å². The summed E-state index contributed by atoms with van der Waals surface area (Å²) in [5, 5.41) is 0. The monoisotopic (exact) mass is 247 g/mol. The van der Waals surface area contributed by atoms with Crippen LogP contribution in [0.4, 0.5) is 4.39 Å². The van der Waals surface area contributed by atoms with E-state index in [0.717, 1.165) is 5.56 Å². The van der Waals surface area contributed by atoms with E-state index in [1.165, 1.54) is 6.20 Å². The fraction of sp³-hybridized carbons (Fsp3) is 0.375. The Labute approximate surface area is 83.0 Å². The van der Waals surface area contributed by atoms with Crippen molar-refractivity contribution in [3.8, 4) is 0 Å². The Bertz CT molecular complexity index is 315. The Kier molecular flexibility index (Phi) is 2.57. The summed E-state index contributed by atoms with van der Waals surface area (Å²) in [6.07, 6.45) is 1.01. The molecular weight excluding hydrogens is 241 g/mol. The molecular formula is C8H7BrFNO2. The van der Waals surface area contributed by atoms with Crippen LogP contribution in [0, 0.1) is 5.95 Å². The first-order chi connectivity index (χ1) is 6.27. The molecule has 1 saturated heterocycles. The maximum Gasteiger partial charge on any atom is 0.227 e. The summed E-state index contributed by atoms with van der Waals surface area (Å²) in [6.45, 7) is 1.14. The van der Waals surface area contributed by atoms with Crippen molar-refractivity contribution in [2.45, 2.75) is 6.29 Å². The van der Waals surface area contributed by atoms with Crippen LogP contribution in [0.2, 0.25) is 0 Å². The molecule has 0 aliphatic carbocycles. The molecule has 2 rings (SSSR count). The van der Waals surface area contributed by atoms with E-state index in [9.17, 15) is 4.39 Å². The second-order valence-corrected chi connectivity index (χ2v) is 3.47. The third-order valence-electron chi connectivity index (χ3n) is 1.71. The van der Waals surface area contributed by atoms with Gasteiger partial charge in [0.15, 0.2) is 6.29 Å². The van der Waals surface area contributed by atoms with Crippen LogP contribution in [0.1, 0.15) is 11.9 Å². The molecule has 0 amide bonds. The minimum Gasteiger partial charge on any atom is -0.346 e. The van der Waals surface area contributed by atoms with Crippen LogP contribution in [0.5, 0.6) is 0 Å². The van der Waals surface area contributed by atoms with Crippen LogP contribution in [0.25, 0.3) is 0 Å². The van der Waals surface area contributed by atoms with E-state index in [1.54, 1.807) is 6.07 Å². The highest BCUT2D eigenvalue weighted by Crippen LogP contribution is 2.25. The first-order valence-corrected chi connectivity index (χ1v) is 4.61. The number of pyridine rings is 1. The second-order valence-electron chi connectivity index (χ2n) is 2.61. The van der Waals surface area contributed by atoms with Gasteiger partial charge in [0.2, 0.25) is 5.95 Å². The molecule has 0 atom stereocenters. The summed E-state index contributed by atoms with van der Waals surface area (Å²) in [4.78, 5) is 3.55. The van der Waals surface area contributed by atoms with Gasteiger partial charge in [0, 0.05) is 11.8 Å². The summed E-state index contributed by atoms with van der Waals surface area (Å²) >= 11 is 3.04. The highest BCUT2D eigenvalue weighted by Gasteiger charge is 2.19. The lowest BCUT2D eigenvalue weighted by Crippen LogP contribution is -1.99. The van der Waals surface area contributed by atoms with E-state index in [4.69, 9.17) is 9.47 Å². The molecule has 0 saturated carbocycles. The van der Waals surface area contributed by atoms with Crippen LogP contribution in [-0.2, 0) is 9.47 Å². The van der Waals surface area contributed by atoms with Gasteiger partial charge in [-0.15, -0.1) is 0 Å². The lowest BCUT2D eigenvalue weighted by molar-refractivity contribution is -0.0444. The van der Waals surface area contributed by atoms with Gasteiger partial charge in [0.25, 0.3) is 0 Å². The summed E-state index contributed by atoms with van der Waals surface area (Å²) < 4.78 is 23.5. The maximum absolute atomic E-state index is 12.7. The quantitative estimate of drug-likeness (QED) is 0.712. The van der Waals surface area contributed by atoms with Crippen molar-refractivity contribution in [1.82, 2.24) is 4.98 Å².